The van der Waals surface area contributed by atoms with Crippen LogP contribution in [0, 0.1) is 0 Å². The smallest absolute Gasteiger partial charge is 0.226 e. The highest BCUT2D eigenvalue weighted by Crippen LogP contribution is 2.29. The molecular formula is C14H26IN5OS. The van der Waals surface area contributed by atoms with E-state index in [4.69, 9.17) is 4.52 Å². The van der Waals surface area contributed by atoms with Crippen LogP contribution in [0.15, 0.2) is 9.52 Å². The minimum absolute atomic E-state index is 0. The molecular weight excluding hydrogens is 413 g/mol. The van der Waals surface area contributed by atoms with Crippen LogP contribution in [0.5, 0.6) is 0 Å². The highest BCUT2D eigenvalue weighted by atomic mass is 127. The summed E-state index contributed by atoms with van der Waals surface area (Å²) in [7, 11) is 1.83. The van der Waals surface area contributed by atoms with E-state index in [-0.39, 0.29) is 28.7 Å². The van der Waals surface area contributed by atoms with Gasteiger partial charge in [0.15, 0.2) is 11.8 Å². The molecule has 0 bridgehead atoms. The number of hydrogen-bond acceptors (Lipinski definition) is 5. The quantitative estimate of drug-likeness (QED) is 0.441. The van der Waals surface area contributed by atoms with E-state index < -0.39 is 0 Å². The number of guanidine groups is 1. The molecule has 0 radical (unpaired) electrons. The number of hydrogen-bond donors (Lipinski definition) is 1. The van der Waals surface area contributed by atoms with Crippen LogP contribution < -0.4 is 5.32 Å². The molecule has 8 heteroatoms. The lowest BCUT2D eigenvalue weighted by molar-refractivity contribution is 0.372. The lowest BCUT2D eigenvalue weighted by atomic mass is 10.2. The minimum Gasteiger partial charge on any atom is -0.356 e. The molecule has 0 aliphatic carbocycles. The second kappa shape index (κ2) is 8.95. The van der Waals surface area contributed by atoms with Crippen molar-refractivity contribution in [3.63, 3.8) is 0 Å². The first kappa shape index (κ1) is 19.5. The van der Waals surface area contributed by atoms with Gasteiger partial charge in [0.25, 0.3) is 0 Å². The van der Waals surface area contributed by atoms with Crippen molar-refractivity contribution in [1.29, 1.82) is 0 Å². The maximum Gasteiger partial charge on any atom is 0.226 e. The van der Waals surface area contributed by atoms with Gasteiger partial charge in [0.2, 0.25) is 5.89 Å². The van der Waals surface area contributed by atoms with Gasteiger partial charge in [-0.15, -0.1) is 24.0 Å². The van der Waals surface area contributed by atoms with Crippen molar-refractivity contribution in [3.05, 3.63) is 11.7 Å². The molecule has 0 atom stereocenters. The molecule has 1 aromatic rings. The van der Waals surface area contributed by atoms with Gasteiger partial charge in [-0.25, -0.2) is 0 Å². The third-order valence-electron chi connectivity index (χ3n) is 3.38. The van der Waals surface area contributed by atoms with Gasteiger partial charge in [0.1, 0.15) is 0 Å². The Hall–Kier alpha value is -0.510. The summed E-state index contributed by atoms with van der Waals surface area (Å²) >= 11 is 2.02. The minimum atomic E-state index is 0. The molecule has 0 saturated carbocycles. The summed E-state index contributed by atoms with van der Waals surface area (Å²) in [5.41, 5.74) is 0. The molecule has 22 heavy (non-hydrogen) atoms. The Bertz CT molecular complexity index is 491. The number of aryl methyl sites for hydroxylation is 1. The summed E-state index contributed by atoms with van der Waals surface area (Å²) in [5, 5.41) is 7.36. The van der Waals surface area contributed by atoms with Gasteiger partial charge in [-0.1, -0.05) is 12.1 Å². The Kier molecular flexibility index (Phi) is 7.95. The van der Waals surface area contributed by atoms with Gasteiger partial charge in [-0.05, 0) is 13.8 Å². The average molecular weight is 439 g/mol. The number of thioether (sulfide) groups is 1. The van der Waals surface area contributed by atoms with Crippen LogP contribution in [0.25, 0.3) is 0 Å². The molecule has 1 fully saturated rings. The van der Waals surface area contributed by atoms with Crippen LogP contribution in [0.4, 0.5) is 0 Å². The second-order valence-corrected chi connectivity index (χ2v) is 7.51. The van der Waals surface area contributed by atoms with Crippen LogP contribution >= 0.6 is 35.7 Å². The zero-order valence-electron chi connectivity index (χ0n) is 13.8. The van der Waals surface area contributed by atoms with Crippen molar-refractivity contribution >= 4 is 41.7 Å². The van der Waals surface area contributed by atoms with Crippen molar-refractivity contribution < 1.29 is 4.52 Å². The maximum absolute atomic E-state index is 5.11. The molecule has 1 saturated heterocycles. The van der Waals surface area contributed by atoms with E-state index in [9.17, 15) is 0 Å². The predicted octanol–water partition coefficient (Wildman–Crippen LogP) is 2.20. The van der Waals surface area contributed by atoms with Crippen molar-refractivity contribution in [2.45, 2.75) is 38.4 Å². The van der Waals surface area contributed by atoms with E-state index in [0.29, 0.717) is 5.89 Å². The zero-order chi connectivity index (χ0) is 15.3. The largest absolute Gasteiger partial charge is 0.356 e. The molecule has 0 amide bonds. The summed E-state index contributed by atoms with van der Waals surface area (Å²) < 4.78 is 5.39. The van der Waals surface area contributed by atoms with E-state index in [1.54, 1.807) is 0 Å². The molecule has 6 nitrogen and oxygen atoms in total. The van der Waals surface area contributed by atoms with Gasteiger partial charge in [0, 0.05) is 50.0 Å². The highest BCUT2D eigenvalue weighted by molar-refractivity contribution is 14.0. The Morgan fingerprint density at radius 3 is 2.86 bits per heavy atom. The Labute approximate surface area is 153 Å². The number of aromatic nitrogens is 2. The Morgan fingerprint density at radius 2 is 2.27 bits per heavy atom. The first-order valence-corrected chi connectivity index (χ1v) is 8.43. The number of halogens is 1. The molecule has 1 N–H and O–H groups in total. The van der Waals surface area contributed by atoms with E-state index >= 15 is 0 Å². The molecule has 1 aromatic heterocycles. The third-order valence-corrected chi connectivity index (χ3v) is 4.68. The lowest BCUT2D eigenvalue weighted by Crippen LogP contribution is -2.51. The predicted molar refractivity (Wildman–Crippen MR) is 102 cm³/mol. The first-order chi connectivity index (χ1) is 10.0. The van der Waals surface area contributed by atoms with Gasteiger partial charge in [0.05, 0.1) is 0 Å². The Morgan fingerprint density at radius 1 is 1.50 bits per heavy atom. The summed E-state index contributed by atoms with van der Waals surface area (Å²) in [4.78, 5) is 11.0. The molecule has 1 aliphatic heterocycles. The fraction of sp³-hybridized carbons (Fsp3) is 0.786. The van der Waals surface area contributed by atoms with Gasteiger partial charge in [-0.3, -0.25) is 4.99 Å². The second-order valence-electron chi connectivity index (χ2n) is 5.71. The molecule has 126 valence electrons. The number of aliphatic imine (C=N–C) groups is 1. The van der Waals surface area contributed by atoms with Crippen LogP contribution in [0.3, 0.4) is 0 Å². The van der Waals surface area contributed by atoms with E-state index in [0.717, 1.165) is 50.0 Å². The zero-order valence-corrected chi connectivity index (χ0v) is 16.9. The van der Waals surface area contributed by atoms with Gasteiger partial charge in [-0.2, -0.15) is 16.7 Å². The molecule has 2 rings (SSSR count). The third kappa shape index (κ3) is 5.60. The van der Waals surface area contributed by atoms with Crippen LogP contribution in [-0.2, 0) is 12.8 Å². The van der Waals surface area contributed by atoms with Crippen molar-refractivity contribution in [1.82, 2.24) is 20.4 Å². The van der Waals surface area contributed by atoms with E-state index in [1.165, 1.54) is 0 Å². The average Bonchev–Trinajstić information content (AvgIpc) is 2.90. The first-order valence-electron chi connectivity index (χ1n) is 7.45. The number of rotatable bonds is 4. The topological polar surface area (TPSA) is 66.6 Å². The Balaban J connectivity index is 0.00000242. The summed E-state index contributed by atoms with van der Waals surface area (Å²) in [6.45, 7) is 9.38. The van der Waals surface area contributed by atoms with Crippen LogP contribution in [-0.4, -0.2) is 58.2 Å². The van der Waals surface area contributed by atoms with Gasteiger partial charge >= 0.3 is 0 Å². The van der Waals surface area contributed by atoms with Crippen molar-refractivity contribution in [2.24, 2.45) is 4.99 Å². The normalized spacial score (nSPS) is 18.0. The number of nitrogens with zero attached hydrogens (tertiary/aromatic N) is 4. The summed E-state index contributed by atoms with van der Waals surface area (Å²) in [6.07, 6.45) is 1.52. The van der Waals surface area contributed by atoms with E-state index in [1.807, 2.05) is 25.7 Å². The summed E-state index contributed by atoms with van der Waals surface area (Å²) in [5.74, 6) is 3.55. The monoisotopic (exact) mass is 439 g/mol. The van der Waals surface area contributed by atoms with Crippen LogP contribution in [0.2, 0.25) is 0 Å². The fourth-order valence-corrected chi connectivity index (χ4v) is 3.46. The highest BCUT2D eigenvalue weighted by Gasteiger charge is 2.28. The standard InChI is InChI=1S/C14H25N5OS.HI/c1-5-12-17-11(18-20-12)6-7-16-13(15-4)19-8-9-21-14(2,3)10-19;/h5-10H2,1-4H3,(H,15,16);1H. The van der Waals surface area contributed by atoms with Gasteiger partial charge < -0.3 is 14.7 Å². The lowest BCUT2D eigenvalue weighted by Gasteiger charge is -2.39. The molecule has 0 unspecified atom stereocenters. The van der Waals surface area contributed by atoms with Crippen LogP contribution in [0.1, 0.15) is 32.5 Å². The maximum atomic E-state index is 5.11. The van der Waals surface area contributed by atoms with Crippen molar-refractivity contribution in [2.75, 3.05) is 32.4 Å². The molecule has 0 aromatic carbocycles. The van der Waals surface area contributed by atoms with Crippen molar-refractivity contribution in [3.8, 4) is 0 Å². The van der Waals surface area contributed by atoms with E-state index in [2.05, 4.69) is 39.2 Å². The molecule has 0 spiro atoms. The summed E-state index contributed by atoms with van der Waals surface area (Å²) in [6, 6.07) is 0. The molecule has 1 aliphatic rings. The molecule has 2 heterocycles. The fourth-order valence-electron chi connectivity index (χ4n) is 2.35. The SMILES string of the molecule is CCc1nc(CCNC(=NC)N2CCSC(C)(C)C2)no1.I. The number of nitrogens with one attached hydrogen (secondary N) is 1.